The summed E-state index contributed by atoms with van der Waals surface area (Å²) in [6, 6.07) is 5.72. The number of hydrogen-bond donors (Lipinski definition) is 1. The van der Waals surface area contributed by atoms with Crippen LogP contribution in [0.25, 0.3) is 0 Å². The quantitative estimate of drug-likeness (QED) is 0.847. The van der Waals surface area contributed by atoms with Crippen molar-refractivity contribution in [1.29, 1.82) is 0 Å². The number of rotatable bonds is 3. The molecule has 2 aromatic rings. The Hall–Kier alpha value is -1.62. The minimum absolute atomic E-state index is 0.554. The summed E-state index contributed by atoms with van der Waals surface area (Å²) in [6.45, 7) is 1.96. The lowest BCUT2D eigenvalue weighted by atomic mass is 10.2. The molecule has 5 heteroatoms. The first-order valence-corrected chi connectivity index (χ1v) is 6.38. The van der Waals surface area contributed by atoms with E-state index in [0.717, 1.165) is 11.4 Å². The average Bonchev–Trinajstić information content (AvgIpc) is 3.06. The molecular formula is C12H13N3OS. The Morgan fingerprint density at radius 1 is 1.41 bits per heavy atom. The number of ether oxygens (including phenoxy) is 1. The summed E-state index contributed by atoms with van der Waals surface area (Å²) >= 11 is 1.29. The molecule has 0 saturated heterocycles. The number of aryl methyl sites for hydroxylation is 1. The maximum absolute atomic E-state index is 5.94. The van der Waals surface area contributed by atoms with Gasteiger partial charge in [0.2, 0.25) is 0 Å². The van der Waals surface area contributed by atoms with Crippen molar-refractivity contribution in [2.24, 2.45) is 0 Å². The Labute approximate surface area is 104 Å². The van der Waals surface area contributed by atoms with Gasteiger partial charge < -0.3 is 10.5 Å². The third kappa shape index (κ3) is 2.10. The number of hydrogen-bond acceptors (Lipinski definition) is 5. The molecule has 1 aliphatic carbocycles. The molecule has 1 aromatic heterocycles. The smallest absolute Gasteiger partial charge is 0.298 e. The second-order valence-corrected chi connectivity index (χ2v) is 5.00. The van der Waals surface area contributed by atoms with Crippen molar-refractivity contribution in [3.8, 4) is 10.9 Å². The first kappa shape index (κ1) is 10.5. The van der Waals surface area contributed by atoms with Gasteiger partial charge in [-0.2, -0.15) is 9.36 Å². The van der Waals surface area contributed by atoms with Crippen molar-refractivity contribution >= 4 is 17.2 Å². The summed E-state index contributed by atoms with van der Waals surface area (Å²) < 4.78 is 9.96. The van der Waals surface area contributed by atoms with Gasteiger partial charge in [0.15, 0.2) is 5.75 Å². The lowest BCUT2D eigenvalue weighted by molar-refractivity contribution is 0.479. The summed E-state index contributed by atoms with van der Waals surface area (Å²) in [4.78, 5) is 4.37. The van der Waals surface area contributed by atoms with Gasteiger partial charge in [-0.1, -0.05) is 12.1 Å². The standard InChI is InChI=1S/C12H13N3OS/c1-7-3-2-4-9(10(7)13)16-12-14-11(15-17-12)8-5-6-8/h2-4,8H,5-6,13H2,1H3. The molecule has 88 valence electrons. The van der Waals surface area contributed by atoms with Gasteiger partial charge >= 0.3 is 0 Å². The second-order valence-electron chi connectivity index (χ2n) is 4.28. The van der Waals surface area contributed by atoms with E-state index >= 15 is 0 Å². The van der Waals surface area contributed by atoms with Crippen molar-refractivity contribution in [1.82, 2.24) is 9.36 Å². The van der Waals surface area contributed by atoms with E-state index in [1.165, 1.54) is 24.4 Å². The molecule has 17 heavy (non-hydrogen) atoms. The van der Waals surface area contributed by atoms with Gasteiger partial charge in [-0.15, -0.1) is 0 Å². The molecule has 0 radical (unpaired) electrons. The molecule has 1 aromatic carbocycles. The normalized spacial score (nSPS) is 14.9. The predicted octanol–water partition coefficient (Wildman–Crippen LogP) is 3.10. The molecule has 1 saturated carbocycles. The van der Waals surface area contributed by atoms with Crippen LogP contribution in [0.1, 0.15) is 30.1 Å². The molecule has 3 rings (SSSR count). The Kier molecular flexibility index (Phi) is 2.48. The van der Waals surface area contributed by atoms with Gasteiger partial charge in [0.25, 0.3) is 5.19 Å². The van der Waals surface area contributed by atoms with Gasteiger partial charge in [0.05, 0.1) is 5.69 Å². The highest BCUT2D eigenvalue weighted by molar-refractivity contribution is 7.07. The second kappa shape index (κ2) is 4.00. The monoisotopic (exact) mass is 247 g/mol. The number of anilines is 1. The zero-order valence-corrected chi connectivity index (χ0v) is 10.3. The van der Waals surface area contributed by atoms with Crippen LogP contribution in [0.4, 0.5) is 5.69 Å². The molecule has 1 heterocycles. The molecule has 1 aliphatic rings. The summed E-state index contributed by atoms with van der Waals surface area (Å²) in [6.07, 6.45) is 2.39. The maximum atomic E-state index is 5.94. The minimum atomic E-state index is 0.554. The first-order valence-electron chi connectivity index (χ1n) is 5.60. The van der Waals surface area contributed by atoms with E-state index in [4.69, 9.17) is 10.5 Å². The molecule has 0 spiro atoms. The van der Waals surface area contributed by atoms with E-state index in [1.807, 2.05) is 25.1 Å². The highest BCUT2D eigenvalue weighted by atomic mass is 32.1. The fourth-order valence-corrected chi connectivity index (χ4v) is 2.23. The molecule has 0 bridgehead atoms. The highest BCUT2D eigenvalue weighted by Crippen LogP contribution is 2.40. The Balaban J connectivity index is 1.83. The van der Waals surface area contributed by atoms with Gasteiger partial charge in [-0.3, -0.25) is 0 Å². The summed E-state index contributed by atoms with van der Waals surface area (Å²) in [7, 11) is 0. The van der Waals surface area contributed by atoms with Crippen LogP contribution in [0.5, 0.6) is 10.9 Å². The lowest BCUT2D eigenvalue weighted by Crippen LogP contribution is -1.94. The fraction of sp³-hybridized carbons (Fsp3) is 0.333. The van der Waals surface area contributed by atoms with Crippen LogP contribution in [-0.4, -0.2) is 9.36 Å². The van der Waals surface area contributed by atoms with Crippen LogP contribution in [0.15, 0.2) is 18.2 Å². The number of nitrogens with zero attached hydrogens (tertiary/aromatic N) is 2. The van der Waals surface area contributed by atoms with E-state index in [-0.39, 0.29) is 0 Å². The van der Waals surface area contributed by atoms with Gasteiger partial charge in [0.1, 0.15) is 5.82 Å². The van der Waals surface area contributed by atoms with Crippen molar-refractivity contribution < 1.29 is 4.74 Å². The molecule has 0 aliphatic heterocycles. The molecular weight excluding hydrogens is 234 g/mol. The molecule has 0 amide bonds. The predicted molar refractivity (Wildman–Crippen MR) is 67.5 cm³/mol. The van der Waals surface area contributed by atoms with Crippen molar-refractivity contribution in [3.05, 3.63) is 29.6 Å². The van der Waals surface area contributed by atoms with Crippen LogP contribution in [0.2, 0.25) is 0 Å². The SMILES string of the molecule is Cc1cccc(Oc2nc(C3CC3)ns2)c1N. The average molecular weight is 247 g/mol. The van der Waals surface area contributed by atoms with Crippen molar-refractivity contribution in [3.63, 3.8) is 0 Å². The number of nitrogen functional groups attached to an aromatic ring is 1. The van der Waals surface area contributed by atoms with E-state index in [2.05, 4.69) is 9.36 Å². The lowest BCUT2D eigenvalue weighted by Gasteiger charge is -2.06. The first-order chi connectivity index (χ1) is 8.24. The Morgan fingerprint density at radius 3 is 3.00 bits per heavy atom. The van der Waals surface area contributed by atoms with Crippen molar-refractivity contribution in [2.75, 3.05) is 5.73 Å². The van der Waals surface area contributed by atoms with Crippen molar-refractivity contribution in [2.45, 2.75) is 25.7 Å². The third-order valence-electron chi connectivity index (χ3n) is 2.85. The Morgan fingerprint density at radius 2 is 2.24 bits per heavy atom. The van der Waals surface area contributed by atoms with Crippen LogP contribution in [0.3, 0.4) is 0 Å². The summed E-state index contributed by atoms with van der Waals surface area (Å²) in [5, 5.41) is 0.573. The van der Waals surface area contributed by atoms with E-state index in [0.29, 0.717) is 22.5 Å². The van der Waals surface area contributed by atoms with Crippen LogP contribution in [-0.2, 0) is 0 Å². The van der Waals surface area contributed by atoms with Gasteiger partial charge in [-0.05, 0) is 31.4 Å². The van der Waals surface area contributed by atoms with Crippen LogP contribution < -0.4 is 10.5 Å². The maximum Gasteiger partial charge on any atom is 0.298 e. The van der Waals surface area contributed by atoms with Gasteiger partial charge in [-0.25, -0.2) is 0 Å². The van der Waals surface area contributed by atoms with Gasteiger partial charge in [0, 0.05) is 17.5 Å². The molecule has 0 unspecified atom stereocenters. The zero-order valence-electron chi connectivity index (χ0n) is 9.51. The largest absolute Gasteiger partial charge is 0.428 e. The number of nitrogens with two attached hydrogens (primary N) is 1. The number of para-hydroxylation sites is 1. The van der Waals surface area contributed by atoms with Crippen LogP contribution >= 0.6 is 11.5 Å². The summed E-state index contributed by atoms with van der Waals surface area (Å²) in [5.74, 6) is 2.12. The fourth-order valence-electron chi connectivity index (χ4n) is 1.61. The van der Waals surface area contributed by atoms with E-state index in [9.17, 15) is 0 Å². The zero-order chi connectivity index (χ0) is 11.8. The van der Waals surface area contributed by atoms with E-state index in [1.54, 1.807) is 0 Å². The molecule has 0 atom stereocenters. The molecule has 4 nitrogen and oxygen atoms in total. The topological polar surface area (TPSA) is 61.0 Å². The Bertz CT molecular complexity index is 548. The number of benzene rings is 1. The molecule has 1 fully saturated rings. The number of aromatic nitrogens is 2. The summed E-state index contributed by atoms with van der Waals surface area (Å²) in [5.41, 5.74) is 7.61. The van der Waals surface area contributed by atoms with E-state index < -0.39 is 0 Å². The molecule has 2 N–H and O–H groups in total. The van der Waals surface area contributed by atoms with Crippen LogP contribution in [0, 0.1) is 6.92 Å². The minimum Gasteiger partial charge on any atom is -0.428 e. The third-order valence-corrected chi connectivity index (χ3v) is 3.46. The highest BCUT2D eigenvalue weighted by Gasteiger charge is 2.28.